The lowest BCUT2D eigenvalue weighted by atomic mass is 10.1. The summed E-state index contributed by atoms with van der Waals surface area (Å²) in [6.45, 7) is 8.05. The quantitative estimate of drug-likeness (QED) is 0.369. The highest BCUT2D eigenvalue weighted by molar-refractivity contribution is 5.74. The van der Waals surface area contributed by atoms with Crippen LogP contribution in [0.3, 0.4) is 0 Å². The molecule has 0 aliphatic heterocycles. The molecule has 0 atom stereocenters. The number of hydrogen-bond donors (Lipinski definition) is 2. The lowest BCUT2D eigenvalue weighted by molar-refractivity contribution is -0.140. The fourth-order valence-electron chi connectivity index (χ4n) is 1.66. The average Bonchev–Trinajstić information content (AvgIpc) is 2.43. The van der Waals surface area contributed by atoms with E-state index in [1.807, 2.05) is 13.8 Å². The minimum absolute atomic E-state index is 0.106. The molecule has 0 heterocycles. The molecule has 0 spiro atoms. The van der Waals surface area contributed by atoms with Gasteiger partial charge in [0, 0.05) is 13.0 Å². The van der Waals surface area contributed by atoms with Gasteiger partial charge in [-0.3, -0.25) is 4.79 Å². The molecule has 0 aliphatic carbocycles. The second kappa shape index (κ2) is 11.0. The third-order valence-electron chi connectivity index (χ3n) is 2.78. The predicted molar refractivity (Wildman–Crippen MR) is 85.7 cm³/mol. The molecule has 2 N–H and O–H groups in total. The van der Waals surface area contributed by atoms with Crippen molar-refractivity contribution in [1.29, 1.82) is 0 Å². The fraction of sp³-hybridized carbons (Fsp3) is 0.867. The van der Waals surface area contributed by atoms with Crippen LogP contribution < -0.4 is 10.6 Å². The van der Waals surface area contributed by atoms with Crippen molar-refractivity contribution in [2.45, 2.75) is 71.5 Å². The minimum Gasteiger partial charge on any atom is -0.469 e. The number of urea groups is 1. The molecule has 22 heavy (non-hydrogen) atoms. The number of carbonyl (C=O) groups is 2. The molecule has 0 rings (SSSR count). The van der Waals surface area contributed by atoms with E-state index in [1.165, 1.54) is 7.11 Å². The van der Waals surface area contributed by atoms with Gasteiger partial charge in [-0.2, -0.15) is 10.2 Å². The van der Waals surface area contributed by atoms with Crippen LogP contribution in [-0.2, 0) is 9.53 Å². The Bertz CT molecular complexity index is 368. The predicted octanol–water partition coefficient (Wildman–Crippen LogP) is 3.01. The number of rotatable bonds is 10. The molecule has 0 aliphatic rings. The van der Waals surface area contributed by atoms with E-state index in [2.05, 4.69) is 25.6 Å². The maximum Gasteiger partial charge on any atom is 0.316 e. The standard InChI is InChI=1S/C15H30N4O3/c1-12(2)18-19-15(3,4)17-14(21)16-11-9-7-6-8-10-13(20)22-5/h12H,6-11H2,1-5H3,(H2,16,17,21). The highest BCUT2D eigenvalue weighted by Gasteiger charge is 2.19. The number of ether oxygens (including phenoxy) is 1. The van der Waals surface area contributed by atoms with Gasteiger partial charge in [0.05, 0.1) is 13.2 Å². The van der Waals surface area contributed by atoms with Crippen molar-refractivity contribution in [3.8, 4) is 0 Å². The maximum atomic E-state index is 11.7. The number of carbonyl (C=O) groups excluding carboxylic acids is 2. The van der Waals surface area contributed by atoms with Crippen molar-refractivity contribution < 1.29 is 14.3 Å². The summed E-state index contributed by atoms with van der Waals surface area (Å²) in [5.74, 6) is -0.171. The van der Waals surface area contributed by atoms with Gasteiger partial charge in [0.15, 0.2) is 0 Å². The molecule has 0 saturated heterocycles. The number of hydrogen-bond acceptors (Lipinski definition) is 5. The molecular weight excluding hydrogens is 284 g/mol. The summed E-state index contributed by atoms with van der Waals surface area (Å²) in [6.07, 6.45) is 4.07. The lowest BCUT2D eigenvalue weighted by Crippen LogP contribution is -2.47. The van der Waals surface area contributed by atoms with Crippen LogP contribution in [0, 0.1) is 0 Å². The second-order valence-electron chi connectivity index (χ2n) is 5.99. The Morgan fingerprint density at radius 3 is 2.36 bits per heavy atom. The Morgan fingerprint density at radius 2 is 1.77 bits per heavy atom. The number of amides is 2. The molecule has 0 unspecified atom stereocenters. The summed E-state index contributed by atoms with van der Waals surface area (Å²) in [6, 6.07) is -0.142. The van der Waals surface area contributed by atoms with E-state index in [0.717, 1.165) is 25.7 Å². The molecule has 0 aromatic carbocycles. The Hall–Kier alpha value is -1.66. The molecule has 0 fully saturated rings. The zero-order valence-corrected chi connectivity index (χ0v) is 14.4. The third-order valence-corrected chi connectivity index (χ3v) is 2.78. The van der Waals surface area contributed by atoms with Crippen LogP contribution in [0.15, 0.2) is 10.2 Å². The summed E-state index contributed by atoms with van der Waals surface area (Å²) >= 11 is 0. The van der Waals surface area contributed by atoms with Crippen LogP contribution in [-0.4, -0.2) is 37.4 Å². The minimum atomic E-state index is -0.713. The molecule has 7 heteroatoms. The molecule has 2 amide bonds. The van der Waals surface area contributed by atoms with Crippen molar-refractivity contribution in [3.05, 3.63) is 0 Å². The van der Waals surface area contributed by atoms with Gasteiger partial charge in [-0.1, -0.05) is 12.8 Å². The van der Waals surface area contributed by atoms with Crippen molar-refractivity contribution in [1.82, 2.24) is 10.6 Å². The largest absolute Gasteiger partial charge is 0.469 e. The van der Waals surface area contributed by atoms with Gasteiger partial charge in [0.2, 0.25) is 0 Å². The fourth-order valence-corrected chi connectivity index (χ4v) is 1.66. The number of esters is 1. The molecule has 0 bridgehead atoms. The van der Waals surface area contributed by atoms with E-state index in [9.17, 15) is 9.59 Å². The van der Waals surface area contributed by atoms with Crippen molar-refractivity contribution >= 4 is 12.0 Å². The number of nitrogens with zero attached hydrogens (tertiary/aromatic N) is 2. The van der Waals surface area contributed by atoms with E-state index >= 15 is 0 Å². The molecular formula is C15H30N4O3. The van der Waals surface area contributed by atoms with E-state index in [-0.39, 0.29) is 18.0 Å². The Kier molecular flexibility index (Phi) is 10.2. The van der Waals surface area contributed by atoms with E-state index in [0.29, 0.717) is 13.0 Å². The van der Waals surface area contributed by atoms with Gasteiger partial charge < -0.3 is 15.4 Å². The van der Waals surface area contributed by atoms with Gasteiger partial charge in [0.1, 0.15) is 5.66 Å². The summed E-state index contributed by atoms with van der Waals surface area (Å²) < 4.78 is 4.57. The Morgan fingerprint density at radius 1 is 1.14 bits per heavy atom. The molecule has 0 aromatic heterocycles. The SMILES string of the molecule is COC(=O)CCCCCCNC(=O)NC(C)(C)N=NC(C)C. The summed E-state index contributed by atoms with van der Waals surface area (Å²) in [5.41, 5.74) is -0.713. The van der Waals surface area contributed by atoms with Crippen LogP contribution in [0.2, 0.25) is 0 Å². The Balaban J connectivity index is 3.71. The van der Waals surface area contributed by atoms with Crippen LogP contribution in [0.1, 0.15) is 59.8 Å². The molecule has 0 saturated carbocycles. The lowest BCUT2D eigenvalue weighted by Gasteiger charge is -2.20. The third kappa shape index (κ3) is 12.1. The number of unbranched alkanes of at least 4 members (excludes halogenated alkanes) is 3. The van der Waals surface area contributed by atoms with Crippen molar-refractivity contribution in [2.24, 2.45) is 10.2 Å². The first-order chi connectivity index (χ1) is 10.3. The summed E-state index contributed by atoms with van der Waals surface area (Å²) in [5, 5.41) is 13.7. The van der Waals surface area contributed by atoms with Crippen molar-refractivity contribution in [2.75, 3.05) is 13.7 Å². The van der Waals surface area contributed by atoms with Crippen LogP contribution >= 0.6 is 0 Å². The highest BCUT2D eigenvalue weighted by Crippen LogP contribution is 2.06. The number of azo groups is 1. The molecule has 0 radical (unpaired) electrons. The average molecular weight is 314 g/mol. The van der Waals surface area contributed by atoms with Crippen molar-refractivity contribution in [3.63, 3.8) is 0 Å². The number of methoxy groups -OCH3 is 1. The van der Waals surface area contributed by atoms with E-state index < -0.39 is 5.66 Å². The molecule has 128 valence electrons. The van der Waals surface area contributed by atoms with Crippen LogP contribution in [0.4, 0.5) is 4.79 Å². The first-order valence-corrected chi connectivity index (χ1v) is 7.81. The van der Waals surface area contributed by atoms with E-state index in [4.69, 9.17) is 0 Å². The first kappa shape index (κ1) is 20.3. The second-order valence-corrected chi connectivity index (χ2v) is 5.99. The van der Waals surface area contributed by atoms with Gasteiger partial charge >= 0.3 is 12.0 Å². The molecule has 0 aromatic rings. The van der Waals surface area contributed by atoms with E-state index in [1.54, 1.807) is 13.8 Å². The molecule has 7 nitrogen and oxygen atoms in total. The normalized spacial score (nSPS) is 11.7. The zero-order chi connectivity index (χ0) is 17.0. The maximum absolute atomic E-state index is 11.7. The smallest absolute Gasteiger partial charge is 0.316 e. The zero-order valence-electron chi connectivity index (χ0n) is 14.4. The van der Waals surface area contributed by atoms with Gasteiger partial charge in [-0.15, -0.1) is 0 Å². The first-order valence-electron chi connectivity index (χ1n) is 7.81. The van der Waals surface area contributed by atoms with Gasteiger partial charge in [-0.05, 0) is 40.5 Å². The number of nitrogens with one attached hydrogen (secondary N) is 2. The van der Waals surface area contributed by atoms with Crippen LogP contribution in [0.25, 0.3) is 0 Å². The van der Waals surface area contributed by atoms with Gasteiger partial charge in [-0.25, -0.2) is 4.79 Å². The summed E-state index contributed by atoms with van der Waals surface area (Å²) in [7, 11) is 1.40. The Labute approximate surface area is 133 Å². The highest BCUT2D eigenvalue weighted by atomic mass is 16.5. The van der Waals surface area contributed by atoms with Crippen LogP contribution in [0.5, 0.6) is 0 Å². The summed E-state index contributed by atoms with van der Waals surface area (Å²) in [4.78, 5) is 22.6. The monoisotopic (exact) mass is 314 g/mol. The van der Waals surface area contributed by atoms with Gasteiger partial charge in [0.25, 0.3) is 0 Å². The topological polar surface area (TPSA) is 92.1 Å².